The van der Waals surface area contributed by atoms with E-state index in [1.54, 1.807) is 17.7 Å². The van der Waals surface area contributed by atoms with Crippen LogP contribution in [0.3, 0.4) is 0 Å². The normalized spacial score (nSPS) is 22.4. The van der Waals surface area contributed by atoms with Crippen LogP contribution in [0.2, 0.25) is 0 Å². The Kier molecular flexibility index (Phi) is 6.25. The SMILES string of the molecule is CCc1cc2c(N3CCC4(C3)CN(C(C)C3CCN(C(=O)OC(C)(C)C)CC3)C4)ncnc2s1. The maximum Gasteiger partial charge on any atom is 0.410 e. The predicted molar refractivity (Wildman–Crippen MR) is 138 cm³/mol. The Morgan fingerprint density at radius 1 is 1.21 bits per heavy atom. The average molecular weight is 486 g/mol. The second-order valence-corrected chi connectivity index (χ2v) is 12.7. The number of thiophene rings is 1. The van der Waals surface area contributed by atoms with Gasteiger partial charge in [-0.15, -0.1) is 11.3 Å². The molecule has 0 saturated carbocycles. The Balaban J connectivity index is 1.14. The first-order valence-corrected chi connectivity index (χ1v) is 13.7. The summed E-state index contributed by atoms with van der Waals surface area (Å²) in [6, 6.07) is 2.86. The summed E-state index contributed by atoms with van der Waals surface area (Å²) in [6.07, 6.45) is 5.98. The molecule has 7 nitrogen and oxygen atoms in total. The van der Waals surface area contributed by atoms with Gasteiger partial charge in [0.15, 0.2) is 0 Å². The molecule has 2 aromatic rings. The van der Waals surface area contributed by atoms with Crippen LogP contribution >= 0.6 is 11.3 Å². The average Bonchev–Trinajstić information content (AvgIpc) is 3.41. The number of nitrogens with zero attached hydrogens (tertiary/aromatic N) is 5. The maximum absolute atomic E-state index is 12.4. The largest absolute Gasteiger partial charge is 0.444 e. The van der Waals surface area contributed by atoms with Gasteiger partial charge in [0.05, 0.1) is 5.39 Å². The van der Waals surface area contributed by atoms with Crippen LogP contribution in [-0.4, -0.2) is 76.8 Å². The van der Waals surface area contributed by atoms with Gasteiger partial charge in [0.1, 0.15) is 22.6 Å². The molecule has 5 rings (SSSR count). The quantitative estimate of drug-likeness (QED) is 0.620. The highest BCUT2D eigenvalue weighted by atomic mass is 32.1. The van der Waals surface area contributed by atoms with E-state index in [9.17, 15) is 4.79 Å². The van der Waals surface area contributed by atoms with Crippen LogP contribution < -0.4 is 4.90 Å². The van der Waals surface area contributed by atoms with Crippen molar-refractivity contribution in [3.8, 4) is 0 Å². The minimum absolute atomic E-state index is 0.164. The van der Waals surface area contributed by atoms with Crippen molar-refractivity contribution in [2.75, 3.05) is 44.2 Å². The molecule has 3 aliphatic rings. The number of aromatic nitrogens is 2. The molecule has 1 unspecified atom stereocenters. The van der Waals surface area contributed by atoms with Gasteiger partial charge in [-0.05, 0) is 65.4 Å². The number of hydrogen-bond acceptors (Lipinski definition) is 7. The summed E-state index contributed by atoms with van der Waals surface area (Å²) in [5, 5.41) is 1.22. The smallest absolute Gasteiger partial charge is 0.410 e. The van der Waals surface area contributed by atoms with Gasteiger partial charge in [-0.2, -0.15) is 0 Å². The van der Waals surface area contributed by atoms with Crippen LogP contribution in [0.5, 0.6) is 0 Å². The monoisotopic (exact) mass is 485 g/mol. The minimum Gasteiger partial charge on any atom is -0.444 e. The van der Waals surface area contributed by atoms with E-state index in [0.29, 0.717) is 17.4 Å². The highest BCUT2D eigenvalue weighted by molar-refractivity contribution is 7.18. The van der Waals surface area contributed by atoms with E-state index in [2.05, 4.69) is 34.7 Å². The third-order valence-electron chi connectivity index (χ3n) is 7.97. The molecule has 0 aromatic carbocycles. The number of ether oxygens (including phenoxy) is 1. The number of anilines is 1. The zero-order valence-electron chi connectivity index (χ0n) is 21.3. The Bertz CT molecular complexity index is 1030. The van der Waals surface area contributed by atoms with Crippen LogP contribution in [0.25, 0.3) is 10.2 Å². The van der Waals surface area contributed by atoms with Crippen molar-refractivity contribution < 1.29 is 9.53 Å². The second kappa shape index (κ2) is 8.94. The summed E-state index contributed by atoms with van der Waals surface area (Å²) < 4.78 is 5.56. The van der Waals surface area contributed by atoms with Crippen molar-refractivity contribution in [2.24, 2.45) is 11.3 Å². The predicted octanol–water partition coefficient (Wildman–Crippen LogP) is 4.80. The lowest BCUT2D eigenvalue weighted by atomic mass is 9.76. The van der Waals surface area contributed by atoms with Gasteiger partial charge in [-0.3, -0.25) is 4.90 Å². The van der Waals surface area contributed by atoms with E-state index in [1.165, 1.54) is 29.8 Å². The zero-order chi connectivity index (χ0) is 24.1. The van der Waals surface area contributed by atoms with E-state index in [1.807, 2.05) is 25.7 Å². The first-order chi connectivity index (χ1) is 16.2. The first-order valence-electron chi connectivity index (χ1n) is 12.9. The molecular formula is C26H39N5O2S. The van der Waals surface area contributed by atoms with Crippen molar-refractivity contribution in [1.82, 2.24) is 19.8 Å². The van der Waals surface area contributed by atoms with E-state index in [0.717, 1.165) is 56.1 Å². The number of amides is 1. The van der Waals surface area contributed by atoms with Gasteiger partial charge in [0.25, 0.3) is 0 Å². The Hall–Kier alpha value is -1.93. The molecule has 2 aromatic heterocycles. The molecule has 3 aliphatic heterocycles. The molecule has 8 heteroatoms. The molecule has 186 valence electrons. The first kappa shape index (κ1) is 23.8. The lowest BCUT2D eigenvalue weighted by molar-refractivity contribution is -0.0400. The molecular weight excluding hydrogens is 446 g/mol. The number of fused-ring (bicyclic) bond motifs is 1. The van der Waals surface area contributed by atoms with E-state index in [-0.39, 0.29) is 6.09 Å². The zero-order valence-corrected chi connectivity index (χ0v) is 22.2. The van der Waals surface area contributed by atoms with Crippen molar-refractivity contribution in [2.45, 2.75) is 71.9 Å². The summed E-state index contributed by atoms with van der Waals surface area (Å²) in [5.41, 5.74) is -0.0338. The number of hydrogen-bond donors (Lipinski definition) is 0. The van der Waals surface area contributed by atoms with Crippen LogP contribution in [0.4, 0.5) is 10.6 Å². The van der Waals surface area contributed by atoms with Crippen LogP contribution in [0.1, 0.15) is 58.8 Å². The molecule has 0 radical (unpaired) electrons. The topological polar surface area (TPSA) is 61.8 Å². The molecule has 0 N–H and O–H groups in total. The molecule has 34 heavy (non-hydrogen) atoms. The molecule has 1 spiro atoms. The van der Waals surface area contributed by atoms with Crippen molar-refractivity contribution in [3.63, 3.8) is 0 Å². The molecule has 0 bridgehead atoms. The molecule has 5 heterocycles. The van der Waals surface area contributed by atoms with Gasteiger partial charge in [0, 0.05) is 55.6 Å². The number of rotatable bonds is 4. The van der Waals surface area contributed by atoms with Crippen LogP contribution in [0, 0.1) is 11.3 Å². The minimum atomic E-state index is -0.429. The van der Waals surface area contributed by atoms with Crippen LogP contribution in [0.15, 0.2) is 12.4 Å². The number of piperidine rings is 1. The van der Waals surface area contributed by atoms with Crippen molar-refractivity contribution in [1.29, 1.82) is 0 Å². The highest BCUT2D eigenvalue weighted by Gasteiger charge is 2.50. The third-order valence-corrected chi connectivity index (χ3v) is 9.16. The Morgan fingerprint density at radius 3 is 2.62 bits per heavy atom. The molecule has 1 atom stereocenters. The molecule has 3 saturated heterocycles. The Morgan fingerprint density at radius 2 is 1.94 bits per heavy atom. The van der Waals surface area contributed by atoms with Gasteiger partial charge in [0.2, 0.25) is 0 Å². The fourth-order valence-corrected chi connectivity index (χ4v) is 6.92. The lowest BCUT2D eigenvalue weighted by Gasteiger charge is -2.53. The number of carbonyl (C=O) groups excluding carboxylic acids is 1. The highest BCUT2D eigenvalue weighted by Crippen LogP contribution is 2.44. The fourth-order valence-electron chi connectivity index (χ4n) is 5.99. The standard InChI is InChI=1S/C26H39N5O2S/c1-6-20-13-21-22(27-17-28-23(21)34-20)30-12-9-26(14-30)15-31(16-26)18(2)19-7-10-29(11-8-19)24(32)33-25(3,4)5/h13,17-19H,6-12,14-16H2,1-5H3. The summed E-state index contributed by atoms with van der Waals surface area (Å²) in [6.45, 7) is 16.5. The van der Waals surface area contributed by atoms with E-state index in [4.69, 9.17) is 9.72 Å². The van der Waals surface area contributed by atoms with E-state index < -0.39 is 5.60 Å². The number of carbonyl (C=O) groups is 1. The molecule has 0 aliphatic carbocycles. The summed E-state index contributed by atoms with van der Waals surface area (Å²) in [4.78, 5) is 31.2. The summed E-state index contributed by atoms with van der Waals surface area (Å²) in [7, 11) is 0. The van der Waals surface area contributed by atoms with Gasteiger partial charge in [-0.1, -0.05) is 6.92 Å². The van der Waals surface area contributed by atoms with Gasteiger partial charge >= 0.3 is 6.09 Å². The second-order valence-electron chi connectivity index (χ2n) is 11.6. The van der Waals surface area contributed by atoms with Gasteiger partial charge < -0.3 is 14.5 Å². The lowest BCUT2D eigenvalue weighted by Crippen LogP contribution is -2.62. The number of likely N-dealkylation sites (tertiary alicyclic amines) is 2. The van der Waals surface area contributed by atoms with Crippen molar-refractivity contribution in [3.05, 3.63) is 17.3 Å². The number of aryl methyl sites for hydroxylation is 1. The summed E-state index contributed by atoms with van der Waals surface area (Å²) in [5.74, 6) is 1.77. The summed E-state index contributed by atoms with van der Waals surface area (Å²) >= 11 is 1.80. The van der Waals surface area contributed by atoms with Gasteiger partial charge in [-0.25, -0.2) is 14.8 Å². The Labute approximate surface area is 207 Å². The van der Waals surface area contributed by atoms with E-state index >= 15 is 0 Å². The molecule has 1 amide bonds. The third kappa shape index (κ3) is 4.63. The molecule has 3 fully saturated rings. The van der Waals surface area contributed by atoms with Crippen molar-refractivity contribution >= 4 is 33.5 Å². The van der Waals surface area contributed by atoms with Crippen LogP contribution in [-0.2, 0) is 11.2 Å². The maximum atomic E-state index is 12.4. The fraction of sp³-hybridized carbons (Fsp3) is 0.731.